The number of carboxylic acids is 1. The summed E-state index contributed by atoms with van der Waals surface area (Å²) in [5.74, 6) is -1.94. The van der Waals surface area contributed by atoms with E-state index in [9.17, 15) is 14.7 Å². The van der Waals surface area contributed by atoms with E-state index >= 15 is 0 Å². The number of rotatable bonds is 11. The Bertz CT molecular complexity index is 516. The Hall–Kier alpha value is -2.08. The molecule has 0 spiro atoms. The lowest BCUT2D eigenvalue weighted by Crippen LogP contribution is -2.18. The quantitative estimate of drug-likeness (QED) is 0.542. The molecule has 0 unspecified atom stereocenters. The number of unbranched alkanes of at least 4 members (excludes halogenated alkanes) is 5. The summed E-state index contributed by atoms with van der Waals surface area (Å²) in [5.41, 5.74) is 0.128. The van der Waals surface area contributed by atoms with Gasteiger partial charge in [0.15, 0.2) is 0 Å². The maximum atomic E-state index is 11.7. The molecular formula is C17H25NO5. The number of aromatic carboxylic acids is 1. The van der Waals surface area contributed by atoms with E-state index in [1.807, 2.05) is 0 Å². The van der Waals surface area contributed by atoms with Crippen LogP contribution in [0.25, 0.3) is 0 Å². The van der Waals surface area contributed by atoms with Crippen LogP contribution in [0.2, 0.25) is 0 Å². The number of hydrogen-bond donors (Lipinski definition) is 3. The molecule has 1 aromatic rings. The summed E-state index contributed by atoms with van der Waals surface area (Å²) in [6, 6.07) is 3.87. The molecule has 0 saturated heterocycles. The number of aromatic hydroxyl groups is 1. The molecule has 0 aromatic heterocycles. The van der Waals surface area contributed by atoms with Gasteiger partial charge >= 0.3 is 5.97 Å². The first-order chi connectivity index (χ1) is 11.0. The largest absolute Gasteiger partial charge is 0.507 e. The Morgan fingerprint density at radius 2 is 1.83 bits per heavy atom. The molecule has 6 nitrogen and oxygen atoms in total. The number of carbonyl (C=O) groups is 2. The topological polar surface area (TPSA) is 95.9 Å². The lowest BCUT2D eigenvalue weighted by Gasteiger charge is -2.08. The summed E-state index contributed by atoms with van der Waals surface area (Å²) < 4.78 is 5.30. The average molecular weight is 323 g/mol. The Balaban J connectivity index is 2.21. The van der Waals surface area contributed by atoms with Crippen molar-refractivity contribution in [2.75, 3.05) is 18.5 Å². The maximum absolute atomic E-state index is 11.7. The standard InChI is InChI=1S/C17H25NO5/c1-2-3-4-5-6-7-10-23-12-16(20)18-13-8-9-14(17(21)22)15(19)11-13/h8-9,11,19H,2-7,10,12H2,1H3,(H,18,20)(H,21,22). The van der Waals surface area contributed by atoms with Gasteiger partial charge in [-0.05, 0) is 18.6 Å². The normalized spacial score (nSPS) is 10.5. The summed E-state index contributed by atoms with van der Waals surface area (Å²) in [7, 11) is 0. The van der Waals surface area contributed by atoms with E-state index in [-0.39, 0.29) is 23.8 Å². The highest BCUT2D eigenvalue weighted by molar-refractivity contribution is 5.94. The second-order valence-corrected chi connectivity index (χ2v) is 5.41. The molecule has 6 heteroatoms. The minimum Gasteiger partial charge on any atom is -0.507 e. The predicted octanol–water partition coefficient (Wildman–Crippen LogP) is 3.41. The Kier molecular flexibility index (Phi) is 8.75. The molecule has 0 heterocycles. The van der Waals surface area contributed by atoms with Crippen molar-refractivity contribution in [2.45, 2.75) is 45.4 Å². The number of hydrogen-bond acceptors (Lipinski definition) is 4. The van der Waals surface area contributed by atoms with Crippen LogP contribution in [0.3, 0.4) is 0 Å². The SMILES string of the molecule is CCCCCCCCOCC(=O)Nc1ccc(C(=O)O)c(O)c1. The molecule has 128 valence electrons. The van der Waals surface area contributed by atoms with Crippen LogP contribution in [0.4, 0.5) is 5.69 Å². The first-order valence-electron chi connectivity index (χ1n) is 7.98. The van der Waals surface area contributed by atoms with Crippen LogP contribution in [-0.4, -0.2) is 35.3 Å². The predicted molar refractivity (Wildman–Crippen MR) is 87.9 cm³/mol. The second kappa shape index (κ2) is 10.6. The first-order valence-corrected chi connectivity index (χ1v) is 7.98. The van der Waals surface area contributed by atoms with Crippen molar-refractivity contribution in [3.8, 4) is 5.75 Å². The maximum Gasteiger partial charge on any atom is 0.339 e. The van der Waals surface area contributed by atoms with Crippen molar-refractivity contribution < 1.29 is 24.5 Å². The number of carbonyl (C=O) groups excluding carboxylic acids is 1. The summed E-state index contributed by atoms with van der Waals surface area (Å²) in [4.78, 5) is 22.5. The molecule has 23 heavy (non-hydrogen) atoms. The van der Waals surface area contributed by atoms with Gasteiger partial charge in [0, 0.05) is 18.4 Å². The lowest BCUT2D eigenvalue weighted by atomic mass is 10.1. The van der Waals surface area contributed by atoms with Gasteiger partial charge in [-0.15, -0.1) is 0 Å². The van der Waals surface area contributed by atoms with E-state index in [0.29, 0.717) is 12.3 Å². The molecular weight excluding hydrogens is 298 g/mol. The van der Waals surface area contributed by atoms with Gasteiger partial charge in [-0.25, -0.2) is 4.79 Å². The van der Waals surface area contributed by atoms with Gasteiger partial charge in [0.25, 0.3) is 0 Å². The van der Waals surface area contributed by atoms with Crippen LogP contribution in [0.5, 0.6) is 5.75 Å². The van der Waals surface area contributed by atoms with Gasteiger partial charge in [0.05, 0.1) is 0 Å². The highest BCUT2D eigenvalue weighted by Crippen LogP contribution is 2.21. The highest BCUT2D eigenvalue weighted by Gasteiger charge is 2.10. The van der Waals surface area contributed by atoms with Crippen molar-refractivity contribution in [3.63, 3.8) is 0 Å². The molecule has 3 N–H and O–H groups in total. The fraction of sp³-hybridized carbons (Fsp3) is 0.529. The molecule has 0 fully saturated rings. The Labute approximate surface area is 136 Å². The summed E-state index contributed by atoms with van der Waals surface area (Å²) in [6.07, 6.45) is 6.96. The summed E-state index contributed by atoms with van der Waals surface area (Å²) in [6.45, 7) is 2.66. The van der Waals surface area contributed by atoms with Gasteiger partial charge in [0.2, 0.25) is 5.91 Å². The Morgan fingerprint density at radius 3 is 2.48 bits per heavy atom. The fourth-order valence-electron chi connectivity index (χ4n) is 2.14. The molecule has 0 aliphatic rings. The highest BCUT2D eigenvalue weighted by atomic mass is 16.5. The fourth-order valence-corrected chi connectivity index (χ4v) is 2.14. The molecule has 1 amide bonds. The van der Waals surface area contributed by atoms with Crippen molar-refractivity contribution in [1.29, 1.82) is 0 Å². The molecule has 1 rings (SSSR count). The van der Waals surface area contributed by atoms with Crippen LogP contribution >= 0.6 is 0 Å². The van der Waals surface area contributed by atoms with Crippen molar-refractivity contribution in [3.05, 3.63) is 23.8 Å². The molecule has 0 aliphatic carbocycles. The van der Waals surface area contributed by atoms with Crippen LogP contribution in [-0.2, 0) is 9.53 Å². The first kappa shape index (κ1) is 19.0. The van der Waals surface area contributed by atoms with E-state index in [1.54, 1.807) is 0 Å². The van der Waals surface area contributed by atoms with Crippen molar-refractivity contribution in [1.82, 2.24) is 0 Å². The molecule has 0 atom stereocenters. The van der Waals surface area contributed by atoms with Crippen LogP contribution in [0.15, 0.2) is 18.2 Å². The smallest absolute Gasteiger partial charge is 0.339 e. The van der Waals surface area contributed by atoms with Gasteiger partial charge in [-0.2, -0.15) is 0 Å². The number of phenols is 1. The molecule has 0 aliphatic heterocycles. The minimum absolute atomic E-state index is 0.0591. The number of amides is 1. The van der Waals surface area contributed by atoms with Gasteiger partial charge in [0.1, 0.15) is 17.9 Å². The third-order valence-electron chi connectivity index (χ3n) is 3.39. The zero-order valence-electron chi connectivity index (χ0n) is 13.5. The van der Waals surface area contributed by atoms with Crippen LogP contribution < -0.4 is 5.32 Å². The lowest BCUT2D eigenvalue weighted by molar-refractivity contribution is -0.120. The summed E-state index contributed by atoms with van der Waals surface area (Å²) >= 11 is 0. The number of ether oxygens (including phenoxy) is 1. The van der Waals surface area contributed by atoms with Gasteiger partial charge in [-0.1, -0.05) is 39.0 Å². The van der Waals surface area contributed by atoms with E-state index in [1.165, 1.54) is 43.9 Å². The monoisotopic (exact) mass is 323 g/mol. The van der Waals surface area contributed by atoms with Gasteiger partial charge in [-0.3, -0.25) is 4.79 Å². The zero-order chi connectivity index (χ0) is 17.1. The van der Waals surface area contributed by atoms with Gasteiger partial charge < -0.3 is 20.3 Å². The Morgan fingerprint density at radius 1 is 1.13 bits per heavy atom. The summed E-state index contributed by atoms with van der Waals surface area (Å²) in [5, 5.41) is 20.9. The molecule has 0 bridgehead atoms. The molecule has 0 radical (unpaired) electrons. The average Bonchev–Trinajstić information content (AvgIpc) is 2.49. The second-order valence-electron chi connectivity index (χ2n) is 5.41. The number of nitrogens with one attached hydrogen (secondary N) is 1. The van der Waals surface area contributed by atoms with E-state index in [0.717, 1.165) is 12.8 Å². The van der Waals surface area contributed by atoms with Crippen LogP contribution in [0.1, 0.15) is 55.8 Å². The van der Waals surface area contributed by atoms with Crippen LogP contribution in [0, 0.1) is 0 Å². The van der Waals surface area contributed by atoms with E-state index < -0.39 is 5.97 Å². The minimum atomic E-state index is -1.22. The zero-order valence-corrected chi connectivity index (χ0v) is 13.5. The molecule has 1 aromatic carbocycles. The van der Waals surface area contributed by atoms with E-state index in [2.05, 4.69) is 12.2 Å². The third-order valence-corrected chi connectivity index (χ3v) is 3.39. The third kappa shape index (κ3) is 7.65. The van der Waals surface area contributed by atoms with E-state index in [4.69, 9.17) is 9.84 Å². The number of anilines is 1. The number of carboxylic acid groups (broad SMARTS) is 1. The van der Waals surface area contributed by atoms with Crippen molar-refractivity contribution >= 4 is 17.6 Å². The van der Waals surface area contributed by atoms with Crippen molar-refractivity contribution in [2.24, 2.45) is 0 Å². The molecule has 0 saturated carbocycles. The number of benzene rings is 1.